The summed E-state index contributed by atoms with van der Waals surface area (Å²) in [4.78, 5) is 40.2. The number of hydrogen-bond donors (Lipinski definition) is 2. The lowest BCUT2D eigenvalue weighted by Crippen LogP contribution is -2.49. The van der Waals surface area contributed by atoms with Crippen molar-refractivity contribution in [1.82, 2.24) is 0 Å². The number of halogens is 2. The van der Waals surface area contributed by atoms with Crippen molar-refractivity contribution in [2.45, 2.75) is 43.4 Å². The van der Waals surface area contributed by atoms with E-state index in [4.69, 9.17) is 17.3 Å². The first-order chi connectivity index (χ1) is 13.7. The number of rotatable bonds is 4. The molecule has 1 amide bonds. The zero-order valence-electron chi connectivity index (χ0n) is 15.6. The van der Waals surface area contributed by atoms with Gasteiger partial charge in [0.15, 0.2) is 11.7 Å². The molecule has 0 bridgehead atoms. The topological polar surface area (TPSA) is 104 Å². The Hall–Kier alpha value is -2.19. The van der Waals surface area contributed by atoms with E-state index in [0.29, 0.717) is 11.6 Å². The van der Waals surface area contributed by atoms with Crippen LogP contribution < -0.4 is 15.5 Å². The fourth-order valence-electron chi connectivity index (χ4n) is 4.72. The molecule has 7 nitrogen and oxygen atoms in total. The van der Waals surface area contributed by atoms with Gasteiger partial charge in [0, 0.05) is 30.6 Å². The van der Waals surface area contributed by atoms with Crippen LogP contribution in [0.15, 0.2) is 12.1 Å². The van der Waals surface area contributed by atoms with Crippen LogP contribution in [0.5, 0.6) is 0 Å². The zero-order chi connectivity index (χ0) is 20.7. The molecule has 0 spiro atoms. The van der Waals surface area contributed by atoms with Crippen LogP contribution in [0, 0.1) is 11.8 Å². The first kappa shape index (κ1) is 18.8. The van der Waals surface area contributed by atoms with Gasteiger partial charge < -0.3 is 20.6 Å². The maximum Gasteiger partial charge on any atom is 0.324 e. The second-order valence-electron chi connectivity index (χ2n) is 8.62. The Kier molecular flexibility index (Phi) is 3.99. The maximum atomic E-state index is 13.9. The zero-order valence-corrected chi connectivity index (χ0v) is 16.4. The molecule has 2 heterocycles. The number of carbonyl (C=O) groups is 3. The Labute approximate surface area is 171 Å². The maximum absolute atomic E-state index is 13.9. The molecule has 1 unspecified atom stereocenters. The molecule has 2 aliphatic carbocycles. The van der Waals surface area contributed by atoms with E-state index in [9.17, 15) is 23.9 Å². The summed E-state index contributed by atoms with van der Waals surface area (Å²) in [5.41, 5.74) is 7.09. The number of aliphatic carboxylic acids is 1. The van der Waals surface area contributed by atoms with Crippen LogP contribution in [0.25, 0.3) is 0 Å². The van der Waals surface area contributed by atoms with Gasteiger partial charge in [0.25, 0.3) is 0 Å². The van der Waals surface area contributed by atoms with Gasteiger partial charge in [-0.2, -0.15) is 0 Å². The number of nitrogens with two attached hydrogens (primary N) is 1. The minimum absolute atomic E-state index is 0.0538. The Bertz CT molecular complexity index is 950. The Balaban J connectivity index is 1.56. The number of alkyl halides is 1. The van der Waals surface area contributed by atoms with Gasteiger partial charge in [0.2, 0.25) is 5.91 Å². The fraction of sp³-hybridized carbons (Fsp3) is 0.550. The molecule has 1 saturated heterocycles. The highest BCUT2D eigenvalue weighted by Crippen LogP contribution is 2.49. The van der Waals surface area contributed by atoms with Crippen molar-refractivity contribution in [3.8, 4) is 0 Å². The minimum atomic E-state index is -1.86. The Morgan fingerprint density at radius 3 is 2.59 bits per heavy atom. The van der Waals surface area contributed by atoms with Gasteiger partial charge in [-0.05, 0) is 37.3 Å². The summed E-state index contributed by atoms with van der Waals surface area (Å²) in [5.74, 6) is -4.77. The summed E-state index contributed by atoms with van der Waals surface area (Å²) in [5, 5.41) is 9.57. The van der Waals surface area contributed by atoms with Crippen molar-refractivity contribution >= 4 is 40.6 Å². The van der Waals surface area contributed by atoms with Crippen LogP contribution in [0.4, 0.5) is 15.8 Å². The highest BCUT2D eigenvalue weighted by Gasteiger charge is 2.54. The molecule has 2 saturated carbocycles. The average Bonchev–Trinajstić information content (AvgIpc) is 3.52. The molecule has 4 aliphatic rings. The summed E-state index contributed by atoms with van der Waals surface area (Å²) >= 11 is 6.67. The molecule has 3 N–H and O–H groups in total. The number of ketones is 1. The second kappa shape index (κ2) is 6.15. The molecule has 4 atom stereocenters. The quantitative estimate of drug-likeness (QED) is 0.720. The number of nitrogens with zero attached hydrogens (tertiary/aromatic N) is 2. The summed E-state index contributed by atoms with van der Waals surface area (Å²) in [6, 6.07) is 2.41. The standard InChI is InChI=1S/C20H21ClFN3O4/c21-15-12(24-6-3-9(8-24)20(23)4-5-20)2-1-10-16(15)25(13-7-11(13)22)18(27)14(17(10)26)19(28)29/h1-2,9,11,13-14H,3-8,23H2,(H,28,29)/t9-,11+,13-,14?/m1/s1. The molecule has 0 radical (unpaired) electrons. The molecular formula is C20H21ClFN3O4. The van der Waals surface area contributed by atoms with E-state index in [1.54, 1.807) is 6.07 Å². The van der Waals surface area contributed by atoms with E-state index < -0.39 is 35.8 Å². The summed E-state index contributed by atoms with van der Waals surface area (Å²) in [6.07, 6.45) is 1.81. The van der Waals surface area contributed by atoms with Gasteiger partial charge in [-0.1, -0.05) is 11.6 Å². The Morgan fingerprint density at radius 1 is 1.31 bits per heavy atom. The van der Waals surface area contributed by atoms with E-state index >= 15 is 0 Å². The van der Waals surface area contributed by atoms with Crippen LogP contribution in [0.3, 0.4) is 0 Å². The van der Waals surface area contributed by atoms with Crippen molar-refractivity contribution in [2.24, 2.45) is 17.6 Å². The van der Waals surface area contributed by atoms with E-state index in [2.05, 4.69) is 4.90 Å². The highest BCUT2D eigenvalue weighted by atomic mass is 35.5. The molecule has 1 aromatic carbocycles. The van der Waals surface area contributed by atoms with E-state index in [-0.39, 0.29) is 28.2 Å². The number of hydrogen-bond acceptors (Lipinski definition) is 5. The lowest BCUT2D eigenvalue weighted by atomic mass is 9.89. The monoisotopic (exact) mass is 421 g/mol. The third kappa shape index (κ3) is 2.76. The molecule has 0 aromatic heterocycles. The molecule has 29 heavy (non-hydrogen) atoms. The number of benzene rings is 1. The van der Waals surface area contributed by atoms with Crippen LogP contribution in [0.1, 0.15) is 36.0 Å². The van der Waals surface area contributed by atoms with E-state index in [0.717, 1.165) is 37.3 Å². The molecule has 3 fully saturated rings. The number of carboxylic acids is 1. The molecular weight excluding hydrogens is 401 g/mol. The number of anilines is 2. The van der Waals surface area contributed by atoms with Gasteiger partial charge in [-0.25, -0.2) is 4.39 Å². The van der Waals surface area contributed by atoms with Gasteiger partial charge in [-0.3, -0.25) is 14.4 Å². The van der Waals surface area contributed by atoms with E-state index in [1.165, 1.54) is 6.07 Å². The van der Waals surface area contributed by atoms with Gasteiger partial charge >= 0.3 is 5.97 Å². The van der Waals surface area contributed by atoms with Crippen LogP contribution in [-0.4, -0.2) is 53.6 Å². The van der Waals surface area contributed by atoms with Crippen molar-refractivity contribution in [2.75, 3.05) is 22.9 Å². The lowest BCUT2D eigenvalue weighted by Gasteiger charge is -2.34. The Morgan fingerprint density at radius 2 is 2.00 bits per heavy atom. The first-order valence-corrected chi connectivity index (χ1v) is 10.2. The molecule has 9 heteroatoms. The smallest absolute Gasteiger partial charge is 0.324 e. The lowest BCUT2D eigenvalue weighted by molar-refractivity contribution is -0.144. The van der Waals surface area contributed by atoms with Crippen molar-refractivity contribution in [3.63, 3.8) is 0 Å². The van der Waals surface area contributed by atoms with Crippen LogP contribution in [-0.2, 0) is 9.59 Å². The highest BCUT2D eigenvalue weighted by molar-refractivity contribution is 6.40. The molecule has 2 aliphatic heterocycles. The molecule has 154 valence electrons. The number of Topliss-reactive ketones (excluding diaryl/α,β-unsaturated/α-hetero) is 1. The van der Waals surface area contributed by atoms with Crippen LogP contribution >= 0.6 is 11.6 Å². The second-order valence-corrected chi connectivity index (χ2v) is 9.00. The predicted octanol–water partition coefficient (Wildman–Crippen LogP) is 2.00. The third-order valence-electron chi connectivity index (χ3n) is 6.78. The van der Waals surface area contributed by atoms with Crippen molar-refractivity contribution < 1.29 is 23.9 Å². The van der Waals surface area contributed by atoms with E-state index in [1.807, 2.05) is 0 Å². The fourth-order valence-corrected chi connectivity index (χ4v) is 5.09. The number of amides is 1. The predicted molar refractivity (Wildman–Crippen MR) is 104 cm³/mol. The number of carbonyl (C=O) groups excluding carboxylic acids is 2. The minimum Gasteiger partial charge on any atom is -0.480 e. The number of fused-ring (bicyclic) bond motifs is 1. The normalized spacial score (nSPS) is 32.4. The largest absolute Gasteiger partial charge is 0.480 e. The summed E-state index contributed by atoms with van der Waals surface area (Å²) in [6.45, 7) is 1.47. The number of carboxylic acid groups (broad SMARTS) is 1. The SMILES string of the molecule is NC1([C@@H]2CCN(c3ccc4c(c3Cl)N([C@@H]3C[C@@H]3F)C(=O)C(C(=O)O)C4=O)C2)CC1. The average molecular weight is 422 g/mol. The van der Waals surface area contributed by atoms with Crippen molar-refractivity contribution in [1.29, 1.82) is 0 Å². The molecule has 5 rings (SSSR count). The first-order valence-electron chi connectivity index (χ1n) is 9.83. The summed E-state index contributed by atoms with van der Waals surface area (Å²) in [7, 11) is 0. The van der Waals surface area contributed by atoms with Gasteiger partial charge in [-0.15, -0.1) is 0 Å². The van der Waals surface area contributed by atoms with Crippen molar-refractivity contribution in [3.05, 3.63) is 22.7 Å². The van der Waals surface area contributed by atoms with Gasteiger partial charge in [0.1, 0.15) is 6.17 Å². The molecule has 1 aromatic rings. The summed E-state index contributed by atoms with van der Waals surface area (Å²) < 4.78 is 13.9. The van der Waals surface area contributed by atoms with Gasteiger partial charge in [0.05, 0.1) is 22.4 Å². The van der Waals surface area contributed by atoms with Crippen LogP contribution in [0.2, 0.25) is 5.02 Å². The third-order valence-corrected chi connectivity index (χ3v) is 7.15.